The first-order valence-electron chi connectivity index (χ1n) is 10.0. The summed E-state index contributed by atoms with van der Waals surface area (Å²) in [6.07, 6.45) is 0. The molecule has 0 saturated carbocycles. The van der Waals surface area contributed by atoms with Crippen molar-refractivity contribution >= 4 is 21.6 Å². The van der Waals surface area contributed by atoms with Crippen LogP contribution in [0.3, 0.4) is 0 Å². The van der Waals surface area contributed by atoms with E-state index in [2.05, 4.69) is 5.32 Å². The molecule has 2 aromatic carbocycles. The molecule has 8 heteroatoms. The van der Waals surface area contributed by atoms with Gasteiger partial charge in [-0.15, -0.1) is 0 Å². The number of morpholine rings is 1. The Bertz CT molecular complexity index is 951. The molecule has 1 heterocycles. The van der Waals surface area contributed by atoms with Crippen LogP contribution in [-0.2, 0) is 14.8 Å². The van der Waals surface area contributed by atoms with E-state index in [1.807, 2.05) is 33.8 Å². The summed E-state index contributed by atoms with van der Waals surface area (Å²) in [4.78, 5) is 12.5. The van der Waals surface area contributed by atoms with E-state index >= 15 is 0 Å². The van der Waals surface area contributed by atoms with Gasteiger partial charge in [-0.3, -0.25) is 4.79 Å². The molecule has 164 valence electrons. The van der Waals surface area contributed by atoms with Gasteiger partial charge in [-0.1, -0.05) is 39.8 Å². The van der Waals surface area contributed by atoms with E-state index in [0.717, 1.165) is 0 Å². The predicted molar refractivity (Wildman–Crippen MR) is 120 cm³/mol. The number of anilines is 1. The second kappa shape index (κ2) is 12.8. The molecule has 0 radical (unpaired) electrons. The zero-order valence-electron chi connectivity index (χ0n) is 17.9. The average molecular weight is 434 g/mol. The minimum absolute atomic E-state index is 0. The van der Waals surface area contributed by atoms with Crippen molar-refractivity contribution in [2.24, 2.45) is 0 Å². The van der Waals surface area contributed by atoms with Crippen molar-refractivity contribution in [2.45, 2.75) is 32.6 Å². The summed E-state index contributed by atoms with van der Waals surface area (Å²) < 4.78 is 32.3. The van der Waals surface area contributed by atoms with Crippen LogP contribution in [0.5, 0.6) is 0 Å². The highest BCUT2D eigenvalue weighted by Gasteiger charge is 2.28. The van der Waals surface area contributed by atoms with Crippen molar-refractivity contribution in [3.8, 4) is 6.07 Å². The molecule has 2 aromatic rings. The van der Waals surface area contributed by atoms with Crippen LogP contribution in [0.1, 0.15) is 45.0 Å². The number of nitrogens with one attached hydrogen (secondary N) is 1. The van der Waals surface area contributed by atoms with E-state index in [4.69, 9.17) is 10.00 Å². The monoisotopic (exact) mass is 433 g/mol. The van der Waals surface area contributed by atoms with E-state index in [-0.39, 0.29) is 25.1 Å². The van der Waals surface area contributed by atoms with E-state index in [1.165, 1.54) is 34.6 Å². The van der Waals surface area contributed by atoms with Gasteiger partial charge >= 0.3 is 0 Å². The number of nitriles is 1. The normalized spacial score (nSPS) is 13.6. The van der Waals surface area contributed by atoms with Crippen LogP contribution >= 0.6 is 0 Å². The van der Waals surface area contributed by atoms with Crippen LogP contribution in [0.15, 0.2) is 53.4 Å². The van der Waals surface area contributed by atoms with E-state index in [0.29, 0.717) is 24.3 Å². The van der Waals surface area contributed by atoms with Gasteiger partial charge in [-0.05, 0) is 36.4 Å². The van der Waals surface area contributed by atoms with Gasteiger partial charge in [0.15, 0.2) is 0 Å². The Hall–Kier alpha value is -2.73. The molecule has 3 rings (SSSR count). The van der Waals surface area contributed by atoms with Gasteiger partial charge in [0, 0.05) is 20.1 Å². The van der Waals surface area contributed by atoms with Gasteiger partial charge in [0.25, 0.3) is 5.91 Å². The largest absolute Gasteiger partial charge is 0.379 e. The molecular weight excluding hydrogens is 402 g/mol. The zero-order valence-corrected chi connectivity index (χ0v) is 18.7. The third-order valence-electron chi connectivity index (χ3n) is 4.00. The summed E-state index contributed by atoms with van der Waals surface area (Å²) in [7, 11) is -3.74. The first-order valence-corrected chi connectivity index (χ1v) is 11.4. The Morgan fingerprint density at radius 3 is 2.17 bits per heavy atom. The van der Waals surface area contributed by atoms with Crippen molar-refractivity contribution in [3.63, 3.8) is 0 Å². The molecule has 7 nitrogen and oxygen atoms in total. The minimum Gasteiger partial charge on any atom is -0.379 e. The lowest BCUT2D eigenvalue weighted by molar-refractivity contribution is 0.0730. The number of amides is 1. The fraction of sp³-hybridized carbons (Fsp3) is 0.364. The van der Waals surface area contributed by atoms with E-state index in [1.54, 1.807) is 18.2 Å². The van der Waals surface area contributed by atoms with Crippen molar-refractivity contribution in [1.82, 2.24) is 4.31 Å². The number of carbonyl (C=O) groups excluding carboxylic acids is 1. The maximum absolute atomic E-state index is 12.9. The number of nitrogens with zero attached hydrogens (tertiary/aromatic N) is 2. The first-order chi connectivity index (χ1) is 14.5. The molecule has 1 aliphatic rings. The number of hydrogen-bond acceptors (Lipinski definition) is 5. The Morgan fingerprint density at radius 1 is 1.03 bits per heavy atom. The highest BCUT2D eigenvalue weighted by molar-refractivity contribution is 7.89. The standard InChI is InChI=1S/C18H17N3O4S.2C2H6.H2/c19-13-14-5-7-15(8-6-14)18(22)20-16-3-1-2-4-17(16)26(23,24)21-9-11-25-12-10-21;2*1-2;/h1-8H,9-12H2,(H,20,22);2*1-2H3;1H. The van der Waals surface area contributed by atoms with Crippen LogP contribution in [0, 0.1) is 11.3 Å². The molecule has 0 bridgehead atoms. The van der Waals surface area contributed by atoms with Gasteiger partial charge in [0.2, 0.25) is 10.0 Å². The summed E-state index contributed by atoms with van der Waals surface area (Å²) in [6.45, 7) is 9.25. The third-order valence-corrected chi connectivity index (χ3v) is 5.96. The molecule has 0 aromatic heterocycles. The fourth-order valence-electron chi connectivity index (χ4n) is 2.61. The van der Waals surface area contributed by atoms with Gasteiger partial charge in [-0.25, -0.2) is 8.42 Å². The van der Waals surface area contributed by atoms with Crippen molar-refractivity contribution in [2.75, 3.05) is 31.6 Å². The van der Waals surface area contributed by atoms with E-state index < -0.39 is 15.9 Å². The number of ether oxygens (including phenoxy) is 1. The zero-order chi connectivity index (χ0) is 22.6. The number of sulfonamides is 1. The van der Waals surface area contributed by atoms with Crippen LogP contribution in [0.4, 0.5) is 5.69 Å². The summed E-state index contributed by atoms with van der Waals surface area (Å²) in [5.41, 5.74) is 0.993. The quantitative estimate of drug-likeness (QED) is 0.781. The number of rotatable bonds is 4. The molecule has 1 aliphatic heterocycles. The van der Waals surface area contributed by atoms with E-state index in [9.17, 15) is 13.2 Å². The van der Waals surface area contributed by atoms with Crippen LogP contribution in [-0.4, -0.2) is 44.9 Å². The summed E-state index contributed by atoms with van der Waals surface area (Å²) in [5, 5.41) is 11.5. The Balaban J connectivity index is 0.00000170. The molecule has 1 saturated heterocycles. The van der Waals surface area contributed by atoms with Gasteiger partial charge in [-0.2, -0.15) is 9.57 Å². The van der Waals surface area contributed by atoms with Crippen LogP contribution in [0.25, 0.3) is 0 Å². The van der Waals surface area contributed by atoms with Gasteiger partial charge in [0.1, 0.15) is 4.90 Å². The number of hydrogen-bond donors (Lipinski definition) is 1. The van der Waals surface area contributed by atoms with Crippen molar-refractivity contribution in [3.05, 3.63) is 59.7 Å². The molecule has 30 heavy (non-hydrogen) atoms. The minimum atomic E-state index is -3.74. The second-order valence-electron chi connectivity index (χ2n) is 5.66. The number of benzene rings is 2. The van der Waals surface area contributed by atoms with Crippen LogP contribution in [0.2, 0.25) is 0 Å². The maximum atomic E-state index is 12.9. The topological polar surface area (TPSA) is 99.5 Å². The predicted octanol–water partition coefficient (Wildman–Crippen LogP) is 4.13. The highest BCUT2D eigenvalue weighted by atomic mass is 32.2. The maximum Gasteiger partial charge on any atom is 0.255 e. The first kappa shape index (κ1) is 25.3. The third kappa shape index (κ3) is 6.39. The lowest BCUT2D eigenvalue weighted by Crippen LogP contribution is -2.40. The van der Waals surface area contributed by atoms with Gasteiger partial charge < -0.3 is 10.1 Å². The fourth-order valence-corrected chi connectivity index (χ4v) is 4.17. The van der Waals surface area contributed by atoms with Gasteiger partial charge in [0.05, 0.1) is 30.5 Å². The van der Waals surface area contributed by atoms with Crippen LogP contribution < -0.4 is 5.32 Å². The Kier molecular flexibility index (Phi) is 10.8. The second-order valence-corrected chi connectivity index (χ2v) is 7.56. The number of carbonyl (C=O) groups is 1. The Labute approximate surface area is 180 Å². The van der Waals surface area contributed by atoms with Crippen molar-refractivity contribution < 1.29 is 19.4 Å². The SMILES string of the molecule is CC.CC.N#Cc1ccc(C(=O)Nc2ccccc2S(=O)(=O)N2CCOCC2)cc1.[HH]. The summed E-state index contributed by atoms with van der Waals surface area (Å²) >= 11 is 0. The lowest BCUT2D eigenvalue weighted by atomic mass is 10.1. The van der Waals surface area contributed by atoms with Crippen molar-refractivity contribution in [1.29, 1.82) is 5.26 Å². The highest BCUT2D eigenvalue weighted by Crippen LogP contribution is 2.25. The smallest absolute Gasteiger partial charge is 0.255 e. The molecule has 1 fully saturated rings. The molecule has 0 unspecified atom stereocenters. The molecule has 1 N–H and O–H groups in total. The molecule has 0 atom stereocenters. The molecular formula is C22H31N3O4S. The Morgan fingerprint density at radius 2 is 1.60 bits per heavy atom. The molecule has 0 aliphatic carbocycles. The molecule has 0 spiro atoms. The summed E-state index contributed by atoms with van der Waals surface area (Å²) in [6, 6.07) is 14.4. The molecule has 1 amide bonds. The average Bonchev–Trinajstić information content (AvgIpc) is 2.82. The lowest BCUT2D eigenvalue weighted by Gasteiger charge is -2.26. The summed E-state index contributed by atoms with van der Waals surface area (Å²) in [5.74, 6) is -0.445. The number of para-hydroxylation sites is 1.